The predicted molar refractivity (Wildman–Crippen MR) is 123 cm³/mol. The molecular weight excluding hydrogens is 448 g/mol. The molecule has 4 atom stereocenters. The van der Waals surface area contributed by atoms with E-state index < -0.39 is 47.7 Å². The van der Waals surface area contributed by atoms with E-state index in [0.29, 0.717) is 0 Å². The van der Waals surface area contributed by atoms with Crippen LogP contribution in [0, 0.1) is 0 Å². The van der Waals surface area contributed by atoms with Crippen molar-refractivity contribution in [1.82, 2.24) is 10.2 Å². The molecule has 3 fully saturated rings. The van der Waals surface area contributed by atoms with Crippen LogP contribution in [0.1, 0.15) is 61.8 Å². The van der Waals surface area contributed by atoms with E-state index in [1.165, 1.54) is 4.90 Å². The Kier molecular flexibility index (Phi) is 7.60. The molecule has 0 radical (unpaired) electrons. The van der Waals surface area contributed by atoms with E-state index in [4.69, 9.17) is 17.7 Å². The van der Waals surface area contributed by atoms with Crippen LogP contribution in [0.4, 0.5) is 4.79 Å². The SMILES string of the molecule is CC(C)[Si]1(C(C)C)OC[C@H]2O[C@@H](N3CCC(=O)NC3=O)[C@H](O)[C@@H]2O[Si](C(C)C)(C(C)C)O1. The molecule has 184 valence electrons. The zero-order chi connectivity index (χ0) is 24.0. The fourth-order valence-corrected chi connectivity index (χ4v) is 16.4. The maximum atomic E-state index is 12.4. The first-order chi connectivity index (χ1) is 14.9. The van der Waals surface area contributed by atoms with Gasteiger partial charge in [-0.3, -0.25) is 15.0 Å². The minimum Gasteiger partial charge on any atom is -0.414 e. The first-order valence-corrected chi connectivity index (χ1v) is 15.8. The average Bonchev–Trinajstić information content (AvgIpc) is 2.96. The highest BCUT2D eigenvalue weighted by atomic mass is 28.5. The van der Waals surface area contributed by atoms with E-state index >= 15 is 0 Å². The summed E-state index contributed by atoms with van der Waals surface area (Å²) in [5.41, 5.74) is 0.647. The molecule has 11 heteroatoms. The lowest BCUT2D eigenvalue weighted by Crippen LogP contribution is -2.66. The van der Waals surface area contributed by atoms with Crippen LogP contribution in [0.3, 0.4) is 0 Å². The van der Waals surface area contributed by atoms with Crippen molar-refractivity contribution in [1.29, 1.82) is 0 Å². The molecule has 0 aromatic rings. The molecular formula is C21H40N2O7Si2. The normalized spacial score (nSPS) is 33.0. The quantitative estimate of drug-likeness (QED) is 0.573. The van der Waals surface area contributed by atoms with Crippen LogP contribution >= 0.6 is 0 Å². The van der Waals surface area contributed by atoms with Crippen molar-refractivity contribution in [3.63, 3.8) is 0 Å². The van der Waals surface area contributed by atoms with Crippen molar-refractivity contribution in [2.24, 2.45) is 0 Å². The lowest BCUT2D eigenvalue weighted by atomic mass is 10.1. The van der Waals surface area contributed by atoms with Crippen LogP contribution < -0.4 is 5.32 Å². The third-order valence-electron chi connectivity index (χ3n) is 7.04. The molecule has 9 nitrogen and oxygen atoms in total. The van der Waals surface area contributed by atoms with Crippen molar-refractivity contribution in [3.8, 4) is 0 Å². The Hall–Kier alpha value is -0.826. The van der Waals surface area contributed by atoms with Gasteiger partial charge in [0.25, 0.3) is 0 Å². The Balaban J connectivity index is 1.99. The highest BCUT2D eigenvalue weighted by Crippen LogP contribution is 2.47. The van der Waals surface area contributed by atoms with E-state index in [1.807, 2.05) is 0 Å². The highest BCUT2D eigenvalue weighted by Gasteiger charge is 2.62. The molecule has 3 rings (SSSR count). The Morgan fingerprint density at radius 3 is 2.03 bits per heavy atom. The fraction of sp³-hybridized carbons (Fsp3) is 0.905. The van der Waals surface area contributed by atoms with Crippen molar-refractivity contribution in [3.05, 3.63) is 0 Å². The number of aliphatic hydroxyl groups excluding tert-OH is 1. The van der Waals surface area contributed by atoms with Gasteiger partial charge >= 0.3 is 23.2 Å². The Morgan fingerprint density at radius 2 is 1.53 bits per heavy atom. The summed E-state index contributed by atoms with van der Waals surface area (Å²) in [4.78, 5) is 25.4. The number of imide groups is 1. The van der Waals surface area contributed by atoms with E-state index in [1.54, 1.807) is 0 Å². The molecule has 0 aromatic carbocycles. The van der Waals surface area contributed by atoms with E-state index in [2.05, 4.69) is 60.7 Å². The molecule has 3 amide bonds. The molecule has 3 aliphatic heterocycles. The Morgan fingerprint density at radius 1 is 0.969 bits per heavy atom. The summed E-state index contributed by atoms with van der Waals surface area (Å²) in [5.74, 6) is -0.326. The van der Waals surface area contributed by atoms with Crippen molar-refractivity contribution in [2.45, 2.75) is 109 Å². The third kappa shape index (κ3) is 4.32. The molecule has 2 N–H and O–H groups in total. The maximum Gasteiger partial charge on any atom is 0.335 e. The number of carbonyl (C=O) groups is 2. The number of nitrogens with one attached hydrogen (secondary N) is 1. The maximum absolute atomic E-state index is 12.4. The number of urea groups is 1. The minimum atomic E-state index is -2.89. The number of rotatable bonds is 5. The summed E-state index contributed by atoms with van der Waals surface area (Å²) in [6, 6.07) is -0.555. The molecule has 3 heterocycles. The van der Waals surface area contributed by atoms with Gasteiger partial charge in [-0.2, -0.15) is 0 Å². The average molecular weight is 489 g/mol. The third-order valence-corrected chi connectivity index (χ3v) is 17.3. The number of hydrogen-bond acceptors (Lipinski definition) is 7. The van der Waals surface area contributed by atoms with Gasteiger partial charge in [0, 0.05) is 13.0 Å². The van der Waals surface area contributed by atoms with Crippen LogP contribution in [0.5, 0.6) is 0 Å². The number of ether oxygens (including phenoxy) is 1. The topological polar surface area (TPSA) is 107 Å². The predicted octanol–water partition coefficient (Wildman–Crippen LogP) is 2.97. The summed E-state index contributed by atoms with van der Waals surface area (Å²) in [6.07, 6.45) is -3.00. The van der Waals surface area contributed by atoms with Crippen LogP contribution in [-0.4, -0.2) is 76.8 Å². The van der Waals surface area contributed by atoms with Gasteiger partial charge in [-0.1, -0.05) is 55.4 Å². The summed E-state index contributed by atoms with van der Waals surface area (Å²) < 4.78 is 26.8. The first-order valence-electron chi connectivity index (χ1n) is 11.8. The number of nitrogens with zero attached hydrogens (tertiary/aromatic N) is 1. The Labute approximate surface area is 193 Å². The lowest BCUT2D eigenvalue weighted by molar-refractivity contribution is -0.125. The number of aliphatic hydroxyl groups is 1. The van der Waals surface area contributed by atoms with Crippen LogP contribution in [0.25, 0.3) is 0 Å². The van der Waals surface area contributed by atoms with Gasteiger partial charge in [-0.15, -0.1) is 0 Å². The van der Waals surface area contributed by atoms with Crippen molar-refractivity contribution in [2.75, 3.05) is 13.2 Å². The van der Waals surface area contributed by atoms with Gasteiger partial charge in [0.1, 0.15) is 18.3 Å². The molecule has 0 aliphatic carbocycles. The van der Waals surface area contributed by atoms with Gasteiger partial charge in [0.05, 0.1) is 6.61 Å². The number of hydrogen-bond donors (Lipinski definition) is 2. The van der Waals surface area contributed by atoms with Gasteiger partial charge in [-0.25, -0.2) is 4.79 Å². The number of amides is 3. The molecule has 3 aliphatic rings. The Bertz CT molecular complexity index is 702. The molecule has 3 saturated heterocycles. The van der Waals surface area contributed by atoms with Crippen LogP contribution in [0.15, 0.2) is 0 Å². The van der Waals surface area contributed by atoms with E-state index in [0.717, 1.165) is 0 Å². The van der Waals surface area contributed by atoms with Gasteiger partial charge < -0.3 is 22.8 Å². The first kappa shape index (κ1) is 25.8. The largest absolute Gasteiger partial charge is 0.414 e. The molecule has 0 saturated carbocycles. The van der Waals surface area contributed by atoms with Gasteiger partial charge in [0.15, 0.2) is 6.23 Å². The zero-order valence-electron chi connectivity index (χ0n) is 20.6. The summed E-state index contributed by atoms with van der Waals surface area (Å²) in [6.45, 7) is 17.5. The van der Waals surface area contributed by atoms with Gasteiger partial charge in [-0.05, 0) is 22.2 Å². The van der Waals surface area contributed by atoms with Crippen LogP contribution in [-0.2, 0) is 22.5 Å². The standard InChI is InChI=1S/C21H40N2O7Si2/c1-12(2)31(13(3)4)27-11-16-19(29-32(30-31,14(5)6)15(7)8)18(25)20(28-16)23-10-9-17(24)22-21(23)26/h12-16,18-20,25H,9-11H2,1-8H3,(H,22,24,26)/t16-,18-,19-,20-/m1/s1. The second kappa shape index (κ2) is 9.43. The summed E-state index contributed by atoms with van der Waals surface area (Å²) in [5, 5.41) is 13.6. The second-order valence-corrected chi connectivity index (χ2v) is 19.3. The van der Waals surface area contributed by atoms with Crippen molar-refractivity contribution < 1.29 is 32.4 Å². The summed E-state index contributed by atoms with van der Waals surface area (Å²) in [7, 11) is -5.60. The van der Waals surface area contributed by atoms with Gasteiger partial charge in [0.2, 0.25) is 5.91 Å². The smallest absolute Gasteiger partial charge is 0.335 e. The van der Waals surface area contributed by atoms with E-state index in [-0.39, 0.29) is 47.6 Å². The lowest BCUT2D eigenvalue weighted by Gasteiger charge is -2.51. The zero-order valence-corrected chi connectivity index (χ0v) is 22.6. The fourth-order valence-electron chi connectivity index (χ4n) is 5.21. The van der Waals surface area contributed by atoms with Crippen molar-refractivity contribution >= 4 is 29.1 Å². The van der Waals surface area contributed by atoms with E-state index in [9.17, 15) is 14.7 Å². The molecule has 0 aromatic heterocycles. The molecule has 0 spiro atoms. The highest BCUT2D eigenvalue weighted by molar-refractivity contribution is 6.83. The number of carbonyl (C=O) groups excluding carboxylic acids is 2. The monoisotopic (exact) mass is 488 g/mol. The molecule has 0 bridgehead atoms. The minimum absolute atomic E-state index is 0.122. The molecule has 0 unspecified atom stereocenters. The molecule has 32 heavy (non-hydrogen) atoms. The van der Waals surface area contributed by atoms with Crippen LogP contribution in [0.2, 0.25) is 22.2 Å². The number of fused-ring (bicyclic) bond motifs is 1. The second-order valence-electron chi connectivity index (χ2n) is 10.4. The summed E-state index contributed by atoms with van der Waals surface area (Å²) >= 11 is 0.